The Hall–Kier alpha value is -1.90. The topological polar surface area (TPSA) is 81.6 Å². The number of hydrazone groups is 1. The van der Waals surface area contributed by atoms with Crippen LogP contribution in [0.4, 0.5) is 13.2 Å². The first-order valence-corrected chi connectivity index (χ1v) is 8.11. The van der Waals surface area contributed by atoms with Crippen LogP contribution in [0.3, 0.4) is 0 Å². The largest absolute Gasteiger partial charge is 0.439 e. The Balaban J connectivity index is 1.77. The van der Waals surface area contributed by atoms with Gasteiger partial charge in [-0.1, -0.05) is 6.42 Å². The van der Waals surface area contributed by atoms with Crippen LogP contribution >= 0.6 is 0 Å². The summed E-state index contributed by atoms with van der Waals surface area (Å²) in [5, 5.41) is 21.2. The number of amides is 1. The van der Waals surface area contributed by atoms with E-state index in [2.05, 4.69) is 15.3 Å². The SMILES string of the molecule is O=C(c1n[nH]c2c1CCC2)N1N=C2CCCCC2C1(O)C(F)(F)F. The molecule has 24 heavy (non-hydrogen) atoms. The molecule has 1 amide bonds. The van der Waals surface area contributed by atoms with Crippen LogP contribution in [0.2, 0.25) is 0 Å². The molecule has 2 heterocycles. The van der Waals surface area contributed by atoms with Crippen molar-refractivity contribution in [2.24, 2.45) is 11.0 Å². The molecule has 2 unspecified atom stereocenters. The zero-order chi connectivity index (χ0) is 17.1. The van der Waals surface area contributed by atoms with E-state index in [0.29, 0.717) is 31.2 Å². The van der Waals surface area contributed by atoms with Gasteiger partial charge in [0, 0.05) is 17.0 Å². The van der Waals surface area contributed by atoms with E-state index in [4.69, 9.17) is 0 Å². The lowest BCUT2D eigenvalue weighted by molar-refractivity contribution is -0.312. The van der Waals surface area contributed by atoms with Gasteiger partial charge in [0.15, 0.2) is 5.69 Å². The van der Waals surface area contributed by atoms with Crippen LogP contribution in [0.5, 0.6) is 0 Å². The highest BCUT2D eigenvalue weighted by atomic mass is 19.4. The number of aromatic amines is 1. The maximum atomic E-state index is 13.7. The molecule has 1 aromatic heterocycles. The summed E-state index contributed by atoms with van der Waals surface area (Å²) in [5.41, 5.74) is -1.68. The summed E-state index contributed by atoms with van der Waals surface area (Å²) >= 11 is 0. The molecule has 3 aliphatic rings. The van der Waals surface area contributed by atoms with Gasteiger partial charge in [-0.15, -0.1) is 0 Å². The molecule has 2 N–H and O–H groups in total. The highest BCUT2D eigenvalue weighted by Gasteiger charge is 2.68. The number of nitrogens with one attached hydrogen (secondary N) is 1. The van der Waals surface area contributed by atoms with Crippen molar-refractivity contribution >= 4 is 11.6 Å². The summed E-state index contributed by atoms with van der Waals surface area (Å²) in [4.78, 5) is 12.7. The molecule has 1 fully saturated rings. The summed E-state index contributed by atoms with van der Waals surface area (Å²) in [5.74, 6) is -2.18. The van der Waals surface area contributed by atoms with E-state index < -0.39 is 23.7 Å². The third kappa shape index (κ3) is 1.96. The number of halogens is 3. The zero-order valence-corrected chi connectivity index (χ0v) is 12.9. The van der Waals surface area contributed by atoms with Crippen LogP contribution in [0, 0.1) is 5.92 Å². The van der Waals surface area contributed by atoms with Crippen molar-refractivity contribution < 1.29 is 23.1 Å². The Bertz CT molecular complexity index is 727. The fourth-order valence-electron chi connectivity index (χ4n) is 4.02. The third-order valence-corrected chi connectivity index (χ3v) is 5.23. The van der Waals surface area contributed by atoms with E-state index in [9.17, 15) is 23.1 Å². The summed E-state index contributed by atoms with van der Waals surface area (Å²) in [7, 11) is 0. The number of aromatic nitrogens is 2. The fourth-order valence-corrected chi connectivity index (χ4v) is 4.02. The number of H-pyrrole nitrogens is 1. The average molecular weight is 342 g/mol. The Kier molecular flexibility index (Phi) is 3.28. The number of aryl methyl sites for hydroxylation is 1. The van der Waals surface area contributed by atoms with Crippen molar-refractivity contribution in [1.82, 2.24) is 15.2 Å². The average Bonchev–Trinajstić information content (AvgIpc) is 3.19. The number of carbonyl (C=O) groups is 1. The first-order valence-electron chi connectivity index (χ1n) is 8.11. The summed E-state index contributed by atoms with van der Waals surface area (Å²) in [6.45, 7) is 0. The summed E-state index contributed by atoms with van der Waals surface area (Å²) in [6, 6.07) is 0. The summed E-state index contributed by atoms with van der Waals surface area (Å²) in [6.07, 6.45) is -1.05. The number of rotatable bonds is 1. The molecule has 1 saturated carbocycles. The molecule has 1 aromatic rings. The van der Waals surface area contributed by atoms with Gasteiger partial charge in [0.25, 0.3) is 11.6 Å². The number of alkyl halides is 3. The molecule has 2 atom stereocenters. The molecule has 0 bridgehead atoms. The molecule has 6 nitrogen and oxygen atoms in total. The molecule has 0 spiro atoms. The minimum Gasteiger partial charge on any atom is -0.362 e. The molecule has 0 saturated heterocycles. The Labute approximate surface area is 135 Å². The normalized spacial score (nSPS) is 29.4. The van der Waals surface area contributed by atoms with Crippen molar-refractivity contribution in [3.8, 4) is 0 Å². The van der Waals surface area contributed by atoms with Crippen molar-refractivity contribution in [1.29, 1.82) is 0 Å². The number of nitrogens with zero attached hydrogens (tertiary/aromatic N) is 3. The second-order valence-electron chi connectivity index (χ2n) is 6.61. The minimum atomic E-state index is -4.99. The highest BCUT2D eigenvalue weighted by molar-refractivity contribution is 5.99. The van der Waals surface area contributed by atoms with Gasteiger partial charge in [0.05, 0.1) is 5.92 Å². The first-order chi connectivity index (χ1) is 11.3. The lowest BCUT2D eigenvalue weighted by Gasteiger charge is -2.38. The van der Waals surface area contributed by atoms with Gasteiger partial charge in [0.1, 0.15) is 0 Å². The molecule has 0 aromatic carbocycles. The van der Waals surface area contributed by atoms with Crippen LogP contribution in [0.1, 0.15) is 53.8 Å². The Morgan fingerprint density at radius 3 is 2.79 bits per heavy atom. The number of fused-ring (bicyclic) bond motifs is 2. The number of aliphatic hydroxyl groups is 1. The van der Waals surface area contributed by atoms with Crippen LogP contribution in [-0.2, 0) is 12.8 Å². The van der Waals surface area contributed by atoms with Gasteiger partial charge in [-0.3, -0.25) is 9.89 Å². The first kappa shape index (κ1) is 15.6. The number of hydrogen-bond donors (Lipinski definition) is 2. The van der Waals surface area contributed by atoms with E-state index in [-0.39, 0.29) is 22.8 Å². The Morgan fingerprint density at radius 1 is 1.25 bits per heavy atom. The van der Waals surface area contributed by atoms with Crippen molar-refractivity contribution in [3.63, 3.8) is 0 Å². The summed E-state index contributed by atoms with van der Waals surface area (Å²) < 4.78 is 41.1. The smallest absolute Gasteiger partial charge is 0.362 e. The minimum absolute atomic E-state index is 0.0619. The zero-order valence-electron chi connectivity index (χ0n) is 12.9. The van der Waals surface area contributed by atoms with E-state index in [1.54, 1.807) is 0 Å². The maximum Gasteiger partial charge on any atom is 0.439 e. The molecule has 9 heteroatoms. The van der Waals surface area contributed by atoms with Gasteiger partial charge in [-0.2, -0.15) is 28.4 Å². The highest BCUT2D eigenvalue weighted by Crippen LogP contribution is 2.48. The van der Waals surface area contributed by atoms with Crippen molar-refractivity contribution in [2.45, 2.75) is 56.8 Å². The molecule has 4 rings (SSSR count). The third-order valence-electron chi connectivity index (χ3n) is 5.23. The maximum absolute atomic E-state index is 13.7. The second kappa shape index (κ2) is 5.05. The van der Waals surface area contributed by atoms with Crippen molar-refractivity contribution in [2.75, 3.05) is 0 Å². The second-order valence-corrected chi connectivity index (χ2v) is 6.61. The van der Waals surface area contributed by atoms with Gasteiger partial charge in [-0.25, -0.2) is 0 Å². The van der Waals surface area contributed by atoms with Crippen LogP contribution < -0.4 is 0 Å². The Morgan fingerprint density at radius 2 is 2.04 bits per heavy atom. The molecular weight excluding hydrogens is 325 g/mol. The van der Waals surface area contributed by atoms with E-state index in [1.807, 2.05) is 0 Å². The van der Waals surface area contributed by atoms with E-state index in [0.717, 1.165) is 18.5 Å². The van der Waals surface area contributed by atoms with E-state index >= 15 is 0 Å². The number of carbonyl (C=O) groups excluding carboxylic acids is 1. The van der Waals surface area contributed by atoms with Crippen LogP contribution in [-0.4, -0.2) is 43.8 Å². The van der Waals surface area contributed by atoms with Gasteiger partial charge < -0.3 is 5.11 Å². The van der Waals surface area contributed by atoms with E-state index in [1.165, 1.54) is 0 Å². The van der Waals surface area contributed by atoms with Gasteiger partial charge in [0.2, 0.25) is 0 Å². The molecular formula is C15H17F3N4O2. The van der Waals surface area contributed by atoms with Crippen LogP contribution in [0.25, 0.3) is 0 Å². The van der Waals surface area contributed by atoms with Gasteiger partial charge >= 0.3 is 6.18 Å². The van der Waals surface area contributed by atoms with Crippen LogP contribution in [0.15, 0.2) is 5.10 Å². The lowest BCUT2D eigenvalue weighted by Crippen LogP contribution is -2.61. The van der Waals surface area contributed by atoms with Gasteiger partial charge in [-0.05, 0) is 38.5 Å². The monoisotopic (exact) mass is 342 g/mol. The fraction of sp³-hybridized carbons (Fsp3) is 0.667. The number of hydrogen-bond acceptors (Lipinski definition) is 4. The van der Waals surface area contributed by atoms with Crippen molar-refractivity contribution in [3.05, 3.63) is 17.0 Å². The molecule has 0 radical (unpaired) electrons. The predicted molar refractivity (Wildman–Crippen MR) is 77.2 cm³/mol. The predicted octanol–water partition coefficient (Wildman–Crippen LogP) is 2.15. The molecule has 1 aliphatic heterocycles. The molecule has 130 valence electrons. The standard InChI is InChI=1S/C15H17F3N4O2/c16-15(17,18)14(24)9-5-1-2-6-11(9)21-22(14)13(23)12-8-4-3-7-10(8)19-20-12/h9,24H,1-7H2,(H,19,20). The quantitative estimate of drug-likeness (QED) is 0.820. The molecule has 2 aliphatic carbocycles. The lowest BCUT2D eigenvalue weighted by atomic mass is 9.80.